The van der Waals surface area contributed by atoms with Crippen molar-refractivity contribution in [2.45, 2.75) is 70.0 Å². The number of amides is 4. The van der Waals surface area contributed by atoms with E-state index < -0.39 is 17.9 Å². The average molecular weight is 531 g/mol. The van der Waals surface area contributed by atoms with E-state index in [1.165, 1.54) is 12.8 Å². The molecular weight excluding hydrogens is 496 g/mol. The van der Waals surface area contributed by atoms with Gasteiger partial charge in [0.25, 0.3) is 11.8 Å². The number of imide groups is 1. The van der Waals surface area contributed by atoms with E-state index in [-0.39, 0.29) is 17.9 Å². The fraction of sp³-hybridized carbons (Fsp3) is 0.483. The highest BCUT2D eigenvalue weighted by Crippen LogP contribution is 2.33. The molecule has 0 spiro atoms. The molecule has 4 amide bonds. The lowest BCUT2D eigenvalue weighted by Crippen LogP contribution is -2.51. The van der Waals surface area contributed by atoms with Gasteiger partial charge in [-0.2, -0.15) is 5.10 Å². The molecule has 2 aromatic rings. The van der Waals surface area contributed by atoms with E-state index in [2.05, 4.69) is 22.3 Å². The highest BCUT2D eigenvalue weighted by Gasteiger charge is 2.45. The molecule has 0 radical (unpaired) electrons. The van der Waals surface area contributed by atoms with Crippen LogP contribution in [0, 0.1) is 5.92 Å². The molecule has 1 aromatic carbocycles. The molecule has 2 saturated heterocycles. The summed E-state index contributed by atoms with van der Waals surface area (Å²) in [7, 11) is 0. The summed E-state index contributed by atoms with van der Waals surface area (Å²) in [5.41, 5.74) is 2.71. The fourth-order valence-electron chi connectivity index (χ4n) is 6.39. The number of aromatic nitrogens is 2. The van der Waals surface area contributed by atoms with Crippen molar-refractivity contribution in [3.05, 3.63) is 59.6 Å². The van der Waals surface area contributed by atoms with Gasteiger partial charge in [0.05, 0.1) is 23.4 Å². The number of hydrogen-bond acceptors (Lipinski definition) is 6. The lowest BCUT2D eigenvalue weighted by Gasteiger charge is -2.33. The molecule has 1 atom stereocenters. The van der Waals surface area contributed by atoms with E-state index in [9.17, 15) is 19.2 Å². The Bertz CT molecular complexity index is 1330. The lowest BCUT2D eigenvalue weighted by molar-refractivity contribution is -0.136. The maximum Gasteiger partial charge on any atom is 0.264 e. The van der Waals surface area contributed by atoms with E-state index in [4.69, 9.17) is 0 Å². The molecule has 1 aromatic heterocycles. The third kappa shape index (κ3) is 4.72. The van der Waals surface area contributed by atoms with Crippen LogP contribution in [0.25, 0.3) is 0 Å². The van der Waals surface area contributed by atoms with E-state index in [0.717, 1.165) is 49.2 Å². The zero-order chi connectivity index (χ0) is 27.1. The number of likely N-dealkylation sites (tertiary alicyclic amines) is 1. The van der Waals surface area contributed by atoms with Gasteiger partial charge in [-0.3, -0.25) is 28.8 Å². The van der Waals surface area contributed by atoms with Crippen LogP contribution in [0.5, 0.6) is 0 Å². The zero-order valence-corrected chi connectivity index (χ0v) is 22.0. The van der Waals surface area contributed by atoms with Crippen LogP contribution in [0.15, 0.2) is 42.9 Å². The van der Waals surface area contributed by atoms with Crippen molar-refractivity contribution < 1.29 is 19.2 Å². The Balaban J connectivity index is 1.09. The molecule has 3 fully saturated rings. The first kappa shape index (κ1) is 25.3. The molecule has 4 aliphatic rings. The van der Waals surface area contributed by atoms with E-state index >= 15 is 0 Å². The van der Waals surface area contributed by atoms with Crippen molar-refractivity contribution >= 4 is 29.3 Å². The quantitative estimate of drug-likeness (QED) is 0.554. The molecule has 39 heavy (non-hydrogen) atoms. The van der Waals surface area contributed by atoms with E-state index in [1.54, 1.807) is 18.2 Å². The average Bonchev–Trinajstić information content (AvgIpc) is 3.69. The van der Waals surface area contributed by atoms with Gasteiger partial charge in [-0.25, -0.2) is 0 Å². The number of piperidine rings is 2. The standard InChI is InChI=1S/C29H34N6O4/c1-18-9-10-24(26(36)32-18)35-28(38)22-7-4-8-23(25(22)29(35)39)30-15-19-16-31-34(17-19)21-11-13-33(14-12-21)27(37)20-5-2-3-6-20/h4,7-8,16-17,20-21,24,30H,1-3,5-6,9-15H2,(H,32,36). The van der Waals surface area contributed by atoms with Crippen molar-refractivity contribution in [2.24, 2.45) is 5.92 Å². The number of anilines is 1. The minimum Gasteiger partial charge on any atom is -0.380 e. The lowest BCUT2D eigenvalue weighted by atomic mass is 10.0. The van der Waals surface area contributed by atoms with Crippen LogP contribution >= 0.6 is 0 Å². The SMILES string of the molecule is C=C1CCC(N2C(=O)c3cccc(NCc4cnn(C5CCN(C(=O)C6CCCC6)CC5)c4)c3C2=O)C(=O)N1. The minimum atomic E-state index is -0.839. The first-order chi connectivity index (χ1) is 18.9. The number of benzene rings is 1. The summed E-state index contributed by atoms with van der Waals surface area (Å²) in [4.78, 5) is 54.8. The van der Waals surface area contributed by atoms with Gasteiger partial charge in [-0.05, 0) is 50.7 Å². The van der Waals surface area contributed by atoms with Gasteiger partial charge in [0.1, 0.15) is 6.04 Å². The number of carbonyl (C=O) groups is 4. The third-order valence-corrected chi connectivity index (χ3v) is 8.57. The molecular formula is C29H34N6O4. The molecule has 2 N–H and O–H groups in total. The van der Waals surface area contributed by atoms with Gasteiger partial charge in [-0.15, -0.1) is 0 Å². The van der Waals surface area contributed by atoms with Gasteiger partial charge < -0.3 is 15.5 Å². The first-order valence-electron chi connectivity index (χ1n) is 14.0. The Hall–Kier alpha value is -3.95. The largest absolute Gasteiger partial charge is 0.380 e. The van der Waals surface area contributed by atoms with E-state index in [0.29, 0.717) is 47.8 Å². The molecule has 1 unspecified atom stereocenters. The van der Waals surface area contributed by atoms with Crippen LogP contribution in [0.4, 0.5) is 5.69 Å². The number of carbonyl (C=O) groups excluding carboxylic acids is 4. The topological polar surface area (TPSA) is 117 Å². The van der Waals surface area contributed by atoms with Gasteiger partial charge in [0, 0.05) is 48.7 Å². The van der Waals surface area contributed by atoms with Gasteiger partial charge in [-0.1, -0.05) is 25.5 Å². The van der Waals surface area contributed by atoms with Crippen LogP contribution in [-0.4, -0.2) is 62.3 Å². The van der Waals surface area contributed by atoms with Crippen LogP contribution in [-0.2, 0) is 16.1 Å². The highest BCUT2D eigenvalue weighted by atomic mass is 16.2. The number of hydrogen-bond donors (Lipinski definition) is 2. The van der Waals surface area contributed by atoms with Crippen LogP contribution in [0.1, 0.15) is 83.7 Å². The smallest absolute Gasteiger partial charge is 0.264 e. The fourth-order valence-corrected chi connectivity index (χ4v) is 6.39. The Morgan fingerprint density at radius 1 is 1.05 bits per heavy atom. The minimum absolute atomic E-state index is 0.220. The number of allylic oxidation sites excluding steroid dienone is 1. The van der Waals surface area contributed by atoms with Gasteiger partial charge in [0.15, 0.2) is 0 Å². The molecule has 204 valence electrons. The maximum absolute atomic E-state index is 13.4. The summed E-state index contributed by atoms with van der Waals surface area (Å²) in [6.07, 6.45) is 10.9. The number of nitrogens with zero attached hydrogens (tertiary/aromatic N) is 4. The highest BCUT2D eigenvalue weighted by molar-refractivity contribution is 6.25. The van der Waals surface area contributed by atoms with Gasteiger partial charge >= 0.3 is 0 Å². The predicted octanol–water partition coefficient (Wildman–Crippen LogP) is 3.24. The number of nitrogens with one attached hydrogen (secondary N) is 2. The Kier molecular flexibility index (Phi) is 6.70. The van der Waals surface area contributed by atoms with Crippen molar-refractivity contribution in [3.8, 4) is 0 Å². The molecule has 10 heteroatoms. The van der Waals surface area contributed by atoms with Crippen LogP contribution < -0.4 is 10.6 Å². The van der Waals surface area contributed by atoms with Crippen LogP contribution in [0.3, 0.4) is 0 Å². The van der Waals surface area contributed by atoms with Crippen molar-refractivity contribution in [1.82, 2.24) is 24.9 Å². The molecule has 10 nitrogen and oxygen atoms in total. The monoisotopic (exact) mass is 530 g/mol. The normalized spacial score (nSPS) is 22.4. The molecule has 6 rings (SSSR count). The van der Waals surface area contributed by atoms with Crippen molar-refractivity contribution in [3.63, 3.8) is 0 Å². The molecule has 4 heterocycles. The summed E-state index contributed by atoms with van der Waals surface area (Å²) in [5, 5.41) is 10.5. The Morgan fingerprint density at radius 2 is 1.82 bits per heavy atom. The second-order valence-corrected chi connectivity index (χ2v) is 11.1. The number of rotatable bonds is 6. The molecule has 0 bridgehead atoms. The first-order valence-corrected chi connectivity index (χ1v) is 14.0. The second kappa shape index (κ2) is 10.3. The summed E-state index contributed by atoms with van der Waals surface area (Å²) < 4.78 is 1.98. The summed E-state index contributed by atoms with van der Waals surface area (Å²) >= 11 is 0. The van der Waals surface area contributed by atoms with Crippen molar-refractivity contribution in [2.75, 3.05) is 18.4 Å². The Morgan fingerprint density at radius 3 is 2.56 bits per heavy atom. The summed E-state index contributed by atoms with van der Waals surface area (Å²) in [5.74, 6) is -0.737. The van der Waals surface area contributed by atoms with Crippen LogP contribution in [0.2, 0.25) is 0 Å². The molecule has 3 aliphatic heterocycles. The predicted molar refractivity (Wildman–Crippen MR) is 144 cm³/mol. The second-order valence-electron chi connectivity index (χ2n) is 11.1. The summed E-state index contributed by atoms with van der Waals surface area (Å²) in [6.45, 7) is 5.74. The number of fused-ring (bicyclic) bond motifs is 1. The Labute approximate surface area is 227 Å². The zero-order valence-electron chi connectivity index (χ0n) is 22.0. The summed E-state index contributed by atoms with van der Waals surface area (Å²) in [6, 6.07) is 4.55. The molecule has 1 saturated carbocycles. The maximum atomic E-state index is 13.4. The van der Waals surface area contributed by atoms with Gasteiger partial charge in [0.2, 0.25) is 11.8 Å². The molecule has 1 aliphatic carbocycles. The third-order valence-electron chi connectivity index (χ3n) is 8.57. The van der Waals surface area contributed by atoms with Crippen molar-refractivity contribution in [1.29, 1.82) is 0 Å². The van der Waals surface area contributed by atoms with E-state index in [1.807, 2.05) is 22.0 Å².